The number of ketones is 1. The monoisotopic (exact) mass is 519 g/mol. The van der Waals surface area contributed by atoms with Crippen molar-refractivity contribution in [3.63, 3.8) is 0 Å². The molecule has 0 aliphatic carbocycles. The number of nitrogens with two attached hydrogens (primary N) is 1. The summed E-state index contributed by atoms with van der Waals surface area (Å²) in [6, 6.07) is 12.7. The summed E-state index contributed by atoms with van der Waals surface area (Å²) < 4.78 is 11.1. The van der Waals surface area contributed by atoms with Crippen molar-refractivity contribution in [2.24, 2.45) is 0 Å². The molecular formula is C23H19Cl2N3O7. The fourth-order valence-corrected chi connectivity index (χ4v) is 3.53. The van der Waals surface area contributed by atoms with Crippen LogP contribution in [0.3, 0.4) is 0 Å². The van der Waals surface area contributed by atoms with Crippen molar-refractivity contribution in [3.05, 3.63) is 96.1 Å². The molecule has 12 heteroatoms. The van der Waals surface area contributed by atoms with Gasteiger partial charge in [0, 0.05) is 5.02 Å². The predicted molar refractivity (Wildman–Crippen MR) is 128 cm³/mol. The normalized spacial score (nSPS) is 10.6. The Morgan fingerprint density at radius 1 is 1.00 bits per heavy atom. The molecule has 0 aliphatic heterocycles. The third kappa shape index (κ3) is 5.79. The number of hydrogen-bond donors (Lipinski definition) is 1. The van der Waals surface area contributed by atoms with Gasteiger partial charge in [0.05, 0.1) is 24.2 Å². The van der Waals surface area contributed by atoms with E-state index >= 15 is 0 Å². The number of benzene rings is 2. The lowest BCUT2D eigenvalue weighted by Gasteiger charge is -2.16. The number of rotatable bonds is 8. The minimum atomic E-state index is -1.12. The Kier molecular flexibility index (Phi) is 8.10. The molecule has 2 aromatic carbocycles. The Labute approximate surface area is 208 Å². The molecule has 0 saturated heterocycles. The lowest BCUT2D eigenvalue weighted by atomic mass is 10.1. The summed E-state index contributed by atoms with van der Waals surface area (Å²) in [7, 11) is 1.08. The van der Waals surface area contributed by atoms with Crippen LogP contribution in [0.25, 0.3) is 0 Å². The second kappa shape index (κ2) is 11.0. The van der Waals surface area contributed by atoms with Crippen LogP contribution in [-0.2, 0) is 27.4 Å². The summed E-state index contributed by atoms with van der Waals surface area (Å²) in [5.41, 5.74) is 3.97. The molecule has 2 N–H and O–H groups in total. The van der Waals surface area contributed by atoms with Gasteiger partial charge in [0.25, 0.3) is 5.56 Å². The highest BCUT2D eigenvalue weighted by molar-refractivity contribution is 6.35. The molecule has 0 amide bonds. The van der Waals surface area contributed by atoms with Crippen molar-refractivity contribution < 1.29 is 23.9 Å². The number of halogens is 2. The first-order valence-corrected chi connectivity index (χ1v) is 10.8. The fraction of sp³-hybridized carbons (Fsp3) is 0.174. The second-order valence-corrected chi connectivity index (χ2v) is 8.05. The van der Waals surface area contributed by atoms with E-state index in [4.69, 9.17) is 33.7 Å². The van der Waals surface area contributed by atoms with Crippen molar-refractivity contribution in [2.75, 3.05) is 19.5 Å². The van der Waals surface area contributed by atoms with E-state index in [1.54, 1.807) is 30.3 Å². The zero-order valence-corrected chi connectivity index (χ0v) is 19.8. The minimum absolute atomic E-state index is 0.0446. The van der Waals surface area contributed by atoms with E-state index in [0.717, 1.165) is 11.7 Å². The van der Waals surface area contributed by atoms with Gasteiger partial charge in [-0.2, -0.15) is 0 Å². The van der Waals surface area contributed by atoms with E-state index in [2.05, 4.69) is 4.74 Å². The van der Waals surface area contributed by atoms with Gasteiger partial charge in [-0.3, -0.25) is 19.0 Å². The Morgan fingerprint density at radius 3 is 2.34 bits per heavy atom. The number of carbonyl (C=O) groups is 3. The number of anilines is 1. The number of hydrogen-bond acceptors (Lipinski definition) is 8. The highest BCUT2D eigenvalue weighted by atomic mass is 35.5. The molecule has 1 aromatic heterocycles. The number of carbonyl (C=O) groups excluding carboxylic acids is 3. The first-order valence-electron chi connectivity index (χ1n) is 10.0. The van der Waals surface area contributed by atoms with Crippen LogP contribution >= 0.6 is 23.2 Å². The van der Waals surface area contributed by atoms with E-state index in [9.17, 15) is 24.0 Å². The number of aromatic nitrogens is 2. The van der Waals surface area contributed by atoms with E-state index in [1.165, 1.54) is 18.2 Å². The number of Topliss-reactive ketones (excluding diaryl/α,β-unsaturated/α-hetero) is 1. The van der Waals surface area contributed by atoms with Gasteiger partial charge in [-0.25, -0.2) is 14.2 Å². The van der Waals surface area contributed by atoms with Crippen LogP contribution in [0.1, 0.15) is 26.3 Å². The maximum atomic E-state index is 13.0. The van der Waals surface area contributed by atoms with Crippen molar-refractivity contribution in [1.29, 1.82) is 0 Å². The third-order valence-corrected chi connectivity index (χ3v) is 5.49. The molecule has 0 saturated carbocycles. The largest absolute Gasteiger partial charge is 0.468 e. The predicted octanol–water partition coefficient (Wildman–Crippen LogP) is 2.16. The van der Waals surface area contributed by atoms with Gasteiger partial charge in [-0.15, -0.1) is 0 Å². The zero-order valence-electron chi connectivity index (χ0n) is 18.3. The first kappa shape index (κ1) is 25.7. The van der Waals surface area contributed by atoms with E-state index < -0.39 is 53.5 Å². The Morgan fingerprint density at radius 2 is 1.69 bits per heavy atom. The smallest absolute Gasteiger partial charge is 0.340 e. The van der Waals surface area contributed by atoms with Crippen molar-refractivity contribution in [1.82, 2.24) is 9.13 Å². The van der Waals surface area contributed by atoms with E-state index in [0.29, 0.717) is 10.1 Å². The van der Waals surface area contributed by atoms with Crippen molar-refractivity contribution in [2.45, 2.75) is 13.1 Å². The molecule has 35 heavy (non-hydrogen) atoms. The fourth-order valence-electron chi connectivity index (χ4n) is 3.16. The Balaban J connectivity index is 2.00. The third-order valence-electron chi connectivity index (χ3n) is 4.93. The average Bonchev–Trinajstić information content (AvgIpc) is 2.85. The van der Waals surface area contributed by atoms with Gasteiger partial charge in [-0.05, 0) is 23.8 Å². The highest BCUT2D eigenvalue weighted by Crippen LogP contribution is 2.21. The molecule has 0 atom stereocenters. The van der Waals surface area contributed by atoms with Crippen LogP contribution in [0, 0.1) is 0 Å². The maximum Gasteiger partial charge on any atom is 0.340 e. The van der Waals surface area contributed by atoms with Crippen LogP contribution < -0.4 is 17.0 Å². The molecular weight excluding hydrogens is 501 g/mol. The van der Waals surface area contributed by atoms with Crippen LogP contribution in [0.2, 0.25) is 10.0 Å². The van der Waals surface area contributed by atoms with Gasteiger partial charge >= 0.3 is 17.6 Å². The molecule has 3 rings (SSSR count). The SMILES string of the molecule is COC(=O)Cn1c(=O)c(C(=O)COC(=O)c2cc(Cl)ccc2Cl)c(N)n(Cc2ccccc2)c1=O. The Bertz CT molecular complexity index is 1420. The van der Waals surface area contributed by atoms with E-state index in [-0.39, 0.29) is 22.2 Å². The second-order valence-electron chi connectivity index (χ2n) is 7.21. The summed E-state index contributed by atoms with van der Waals surface area (Å²) in [5, 5.41) is 0.263. The minimum Gasteiger partial charge on any atom is -0.468 e. The summed E-state index contributed by atoms with van der Waals surface area (Å²) in [4.78, 5) is 63.1. The highest BCUT2D eigenvalue weighted by Gasteiger charge is 2.25. The maximum absolute atomic E-state index is 13.0. The molecule has 0 unspecified atom stereocenters. The van der Waals surface area contributed by atoms with Crippen molar-refractivity contribution >= 4 is 46.7 Å². The van der Waals surface area contributed by atoms with Gasteiger partial charge in [0.2, 0.25) is 5.78 Å². The summed E-state index contributed by atoms with van der Waals surface area (Å²) in [5.74, 6) is -3.27. The number of ether oxygens (including phenoxy) is 2. The molecule has 182 valence electrons. The number of nitrogens with zero attached hydrogens (tertiary/aromatic N) is 2. The quantitative estimate of drug-likeness (QED) is 0.352. The summed E-state index contributed by atoms with van der Waals surface area (Å²) in [6.45, 7) is -1.73. The summed E-state index contributed by atoms with van der Waals surface area (Å²) in [6.07, 6.45) is 0. The van der Waals surface area contributed by atoms with E-state index in [1.807, 2.05) is 0 Å². The Hall–Kier alpha value is -3.89. The average molecular weight is 520 g/mol. The number of nitrogen functional groups attached to an aromatic ring is 1. The van der Waals surface area contributed by atoms with Crippen LogP contribution in [0.15, 0.2) is 58.1 Å². The molecule has 0 spiro atoms. The topological polar surface area (TPSA) is 140 Å². The lowest BCUT2D eigenvalue weighted by Crippen LogP contribution is -2.46. The molecule has 1 heterocycles. The van der Waals surface area contributed by atoms with Crippen molar-refractivity contribution in [3.8, 4) is 0 Å². The van der Waals surface area contributed by atoms with Crippen LogP contribution in [-0.4, -0.2) is 40.6 Å². The zero-order chi connectivity index (χ0) is 25.7. The van der Waals surface area contributed by atoms with Crippen LogP contribution in [0.4, 0.5) is 5.82 Å². The van der Waals surface area contributed by atoms with Gasteiger partial charge in [-0.1, -0.05) is 53.5 Å². The summed E-state index contributed by atoms with van der Waals surface area (Å²) >= 11 is 11.8. The van der Waals surface area contributed by atoms with Gasteiger partial charge in [0.1, 0.15) is 17.9 Å². The number of methoxy groups -OCH3 is 1. The number of esters is 2. The molecule has 0 aliphatic rings. The molecule has 3 aromatic rings. The first-order chi connectivity index (χ1) is 16.6. The van der Waals surface area contributed by atoms with Gasteiger partial charge < -0.3 is 15.2 Å². The molecule has 0 radical (unpaired) electrons. The molecule has 10 nitrogen and oxygen atoms in total. The molecule has 0 fully saturated rings. The molecule has 0 bridgehead atoms. The lowest BCUT2D eigenvalue weighted by molar-refractivity contribution is -0.141. The van der Waals surface area contributed by atoms with Gasteiger partial charge in [0.15, 0.2) is 6.61 Å². The van der Waals surface area contributed by atoms with Crippen LogP contribution in [0.5, 0.6) is 0 Å². The standard InChI is InChI=1S/C23H19Cl2N3O7/c1-34-18(30)11-28-21(31)19(20(26)27(23(28)33)10-13-5-3-2-4-6-13)17(29)12-35-22(32)15-9-14(24)7-8-16(15)25/h2-9H,10-12,26H2,1H3.